The molecule has 0 heterocycles. The maximum Gasteiger partial charge on any atom is 0.271 e. The average Bonchev–Trinajstić information content (AvgIpc) is 2.65. The lowest BCUT2D eigenvalue weighted by molar-refractivity contribution is -0.384. The van der Waals surface area contributed by atoms with Crippen molar-refractivity contribution < 1.29 is 18.1 Å². The molecule has 1 unspecified atom stereocenters. The number of benzene rings is 2. The highest BCUT2D eigenvalue weighted by Gasteiger charge is 2.33. The summed E-state index contributed by atoms with van der Waals surface area (Å²) in [5.41, 5.74) is 0.755. The fourth-order valence-corrected chi connectivity index (χ4v) is 4.17. The molecular formula is C19H23N3O5S. The van der Waals surface area contributed by atoms with Crippen LogP contribution in [0.2, 0.25) is 0 Å². The molecule has 0 spiro atoms. The van der Waals surface area contributed by atoms with E-state index in [2.05, 4.69) is 0 Å². The van der Waals surface area contributed by atoms with Crippen LogP contribution in [0.5, 0.6) is 0 Å². The Labute approximate surface area is 164 Å². The highest BCUT2D eigenvalue weighted by atomic mass is 32.2. The third kappa shape index (κ3) is 5.07. The molecule has 0 aliphatic heterocycles. The number of rotatable bonds is 8. The van der Waals surface area contributed by atoms with E-state index < -0.39 is 21.0 Å². The Bertz CT molecular complexity index is 947. The lowest BCUT2D eigenvalue weighted by atomic mass is 10.1. The van der Waals surface area contributed by atoms with Gasteiger partial charge >= 0.3 is 0 Å². The van der Waals surface area contributed by atoms with Crippen LogP contribution in [-0.2, 0) is 21.4 Å². The summed E-state index contributed by atoms with van der Waals surface area (Å²) in [7, 11) is -2.26. The van der Waals surface area contributed by atoms with Crippen molar-refractivity contribution in [1.82, 2.24) is 4.90 Å². The van der Waals surface area contributed by atoms with Crippen molar-refractivity contribution in [3.8, 4) is 0 Å². The minimum atomic E-state index is -3.86. The number of hydrogen-bond donors (Lipinski definition) is 0. The van der Waals surface area contributed by atoms with E-state index in [0.29, 0.717) is 6.54 Å². The number of anilines is 1. The minimum Gasteiger partial charge on any atom is -0.340 e. The maximum absolute atomic E-state index is 13.0. The van der Waals surface area contributed by atoms with Gasteiger partial charge in [-0.25, -0.2) is 8.42 Å². The van der Waals surface area contributed by atoms with E-state index in [-0.39, 0.29) is 23.7 Å². The van der Waals surface area contributed by atoms with Gasteiger partial charge in [0.1, 0.15) is 6.04 Å². The zero-order valence-electron chi connectivity index (χ0n) is 16.0. The molecule has 1 amide bonds. The summed E-state index contributed by atoms with van der Waals surface area (Å²) in [5.74, 6) is -0.386. The summed E-state index contributed by atoms with van der Waals surface area (Å²) < 4.78 is 25.9. The maximum atomic E-state index is 13.0. The first-order valence-electron chi connectivity index (χ1n) is 8.68. The molecule has 2 aromatic rings. The zero-order valence-corrected chi connectivity index (χ0v) is 16.8. The molecule has 0 fully saturated rings. The predicted molar refractivity (Wildman–Crippen MR) is 107 cm³/mol. The first-order chi connectivity index (χ1) is 13.1. The topological polar surface area (TPSA) is 101 Å². The lowest BCUT2D eigenvalue weighted by Crippen LogP contribution is -2.49. The first-order valence-corrected chi connectivity index (χ1v) is 10.5. The molecule has 0 saturated heterocycles. The smallest absolute Gasteiger partial charge is 0.271 e. The summed E-state index contributed by atoms with van der Waals surface area (Å²) in [5, 5.41) is 11.1. The van der Waals surface area contributed by atoms with Crippen LogP contribution in [-0.4, -0.2) is 43.5 Å². The Kier molecular flexibility index (Phi) is 6.74. The Morgan fingerprint density at radius 1 is 1.14 bits per heavy atom. The third-order valence-corrected chi connectivity index (χ3v) is 5.43. The quantitative estimate of drug-likeness (QED) is 0.496. The second kappa shape index (κ2) is 8.83. The van der Waals surface area contributed by atoms with Gasteiger partial charge in [0, 0.05) is 25.7 Å². The molecular weight excluding hydrogens is 382 g/mol. The predicted octanol–water partition coefficient (Wildman–Crippen LogP) is 2.80. The van der Waals surface area contributed by atoms with Crippen LogP contribution in [0.25, 0.3) is 0 Å². The Morgan fingerprint density at radius 3 is 2.32 bits per heavy atom. The van der Waals surface area contributed by atoms with Gasteiger partial charge in [0.05, 0.1) is 16.9 Å². The summed E-state index contributed by atoms with van der Waals surface area (Å²) in [4.78, 5) is 25.0. The highest BCUT2D eigenvalue weighted by molar-refractivity contribution is 7.92. The minimum absolute atomic E-state index is 0.0880. The van der Waals surface area contributed by atoms with Gasteiger partial charge in [0.2, 0.25) is 15.9 Å². The van der Waals surface area contributed by atoms with E-state index in [4.69, 9.17) is 0 Å². The first kappa shape index (κ1) is 21.4. The average molecular weight is 405 g/mol. The van der Waals surface area contributed by atoms with Crippen molar-refractivity contribution in [1.29, 1.82) is 0 Å². The second-order valence-electron chi connectivity index (χ2n) is 6.44. The van der Waals surface area contributed by atoms with Gasteiger partial charge in [-0.3, -0.25) is 19.2 Å². The SMILES string of the molecule is CCC(C(=O)N(C)Cc1ccccc1)N(c1cccc([N+](=O)[O-])c1)S(C)(=O)=O. The molecule has 9 heteroatoms. The van der Waals surface area contributed by atoms with Gasteiger partial charge in [-0.05, 0) is 18.1 Å². The van der Waals surface area contributed by atoms with Crippen molar-refractivity contribution in [3.63, 3.8) is 0 Å². The second-order valence-corrected chi connectivity index (χ2v) is 8.30. The van der Waals surface area contributed by atoms with Crippen LogP contribution in [0.3, 0.4) is 0 Å². The number of hydrogen-bond acceptors (Lipinski definition) is 5. The fraction of sp³-hybridized carbons (Fsp3) is 0.316. The largest absolute Gasteiger partial charge is 0.340 e. The molecule has 0 aromatic heterocycles. The molecule has 2 aromatic carbocycles. The summed E-state index contributed by atoms with van der Waals surface area (Å²) in [6, 6.07) is 13.6. The van der Waals surface area contributed by atoms with Crippen LogP contribution in [0.4, 0.5) is 11.4 Å². The molecule has 150 valence electrons. The monoisotopic (exact) mass is 405 g/mol. The van der Waals surface area contributed by atoms with Gasteiger partial charge in [0.15, 0.2) is 0 Å². The molecule has 8 nitrogen and oxygen atoms in total. The molecule has 2 rings (SSSR count). The Balaban J connectivity index is 2.39. The van der Waals surface area contributed by atoms with E-state index in [1.807, 2.05) is 30.3 Å². The van der Waals surface area contributed by atoms with E-state index in [1.54, 1.807) is 14.0 Å². The van der Waals surface area contributed by atoms with Gasteiger partial charge < -0.3 is 4.90 Å². The lowest BCUT2D eigenvalue weighted by Gasteiger charge is -2.32. The van der Waals surface area contributed by atoms with Crippen molar-refractivity contribution in [2.24, 2.45) is 0 Å². The Hall–Kier alpha value is -2.94. The molecule has 0 bridgehead atoms. The number of nitro groups is 1. The van der Waals surface area contributed by atoms with Crippen molar-refractivity contribution in [2.45, 2.75) is 25.9 Å². The molecule has 0 saturated carbocycles. The number of amides is 1. The van der Waals surface area contributed by atoms with E-state index in [1.165, 1.54) is 23.1 Å². The molecule has 0 radical (unpaired) electrons. The Morgan fingerprint density at radius 2 is 1.79 bits per heavy atom. The van der Waals surface area contributed by atoms with Crippen LogP contribution < -0.4 is 4.31 Å². The number of carbonyl (C=O) groups is 1. The van der Waals surface area contributed by atoms with Crippen LogP contribution >= 0.6 is 0 Å². The number of carbonyl (C=O) groups excluding carboxylic acids is 1. The van der Waals surface area contributed by atoms with Crippen LogP contribution in [0.1, 0.15) is 18.9 Å². The number of nitro benzene ring substituents is 1. The van der Waals surface area contributed by atoms with Gasteiger partial charge in [-0.15, -0.1) is 0 Å². The third-order valence-electron chi connectivity index (χ3n) is 4.25. The molecule has 1 atom stereocenters. The van der Waals surface area contributed by atoms with E-state index >= 15 is 0 Å². The van der Waals surface area contributed by atoms with E-state index in [9.17, 15) is 23.3 Å². The summed E-state index contributed by atoms with van der Waals surface area (Å²) >= 11 is 0. The molecule has 0 aliphatic rings. The number of non-ortho nitro benzene ring substituents is 1. The zero-order chi connectivity index (χ0) is 20.9. The normalized spacial score (nSPS) is 12.2. The summed E-state index contributed by atoms with van der Waals surface area (Å²) in [6.45, 7) is 2.02. The number of likely N-dealkylation sites (N-methyl/N-ethyl adjacent to an activating group) is 1. The van der Waals surface area contributed by atoms with E-state index in [0.717, 1.165) is 22.2 Å². The molecule has 28 heavy (non-hydrogen) atoms. The number of sulfonamides is 1. The van der Waals surface area contributed by atoms with Gasteiger partial charge in [-0.2, -0.15) is 0 Å². The molecule has 0 aliphatic carbocycles. The fourth-order valence-electron chi connectivity index (χ4n) is 2.98. The van der Waals surface area contributed by atoms with Crippen LogP contribution in [0.15, 0.2) is 54.6 Å². The van der Waals surface area contributed by atoms with Crippen molar-refractivity contribution in [3.05, 3.63) is 70.3 Å². The van der Waals surface area contributed by atoms with Gasteiger partial charge in [0.25, 0.3) is 5.69 Å². The van der Waals surface area contributed by atoms with Crippen LogP contribution in [0, 0.1) is 10.1 Å². The summed E-state index contributed by atoms with van der Waals surface area (Å²) in [6.07, 6.45) is 1.20. The van der Waals surface area contributed by atoms with Crippen molar-refractivity contribution >= 4 is 27.3 Å². The number of nitrogens with zero attached hydrogens (tertiary/aromatic N) is 3. The highest BCUT2D eigenvalue weighted by Crippen LogP contribution is 2.27. The molecule has 0 N–H and O–H groups in total. The van der Waals surface area contributed by atoms with Gasteiger partial charge in [-0.1, -0.05) is 43.3 Å². The standard InChI is InChI=1S/C19H23N3O5S/c1-4-18(19(23)20(2)14-15-9-6-5-7-10-15)21(28(3,26)27)16-11-8-12-17(13-16)22(24)25/h5-13,18H,4,14H2,1-3H3. The van der Waals surface area contributed by atoms with Crippen molar-refractivity contribution in [2.75, 3.05) is 17.6 Å².